The van der Waals surface area contributed by atoms with Crippen molar-refractivity contribution in [2.24, 2.45) is 0 Å². The van der Waals surface area contributed by atoms with E-state index in [0.717, 1.165) is 6.54 Å². The highest BCUT2D eigenvalue weighted by Crippen LogP contribution is 2.18. The van der Waals surface area contributed by atoms with Crippen LogP contribution in [0.1, 0.15) is 19.3 Å². The Morgan fingerprint density at radius 1 is 1.59 bits per heavy atom. The zero-order valence-electron chi connectivity index (χ0n) is 9.99. The number of aromatic nitrogens is 2. The van der Waals surface area contributed by atoms with Gasteiger partial charge in [-0.2, -0.15) is 0 Å². The molecule has 5 nitrogen and oxygen atoms in total. The maximum Gasteiger partial charge on any atom is 0.169 e. The molecule has 1 atom stereocenters. The maximum atomic E-state index is 5.79. The minimum atomic E-state index is 0.442. The third-order valence-electron chi connectivity index (χ3n) is 3.20. The molecular formula is C11H18BrN5. The predicted molar refractivity (Wildman–Crippen MR) is 72.9 cm³/mol. The molecule has 1 aromatic heterocycles. The summed E-state index contributed by atoms with van der Waals surface area (Å²) < 4.78 is 0.662. The minimum Gasteiger partial charge on any atom is -0.381 e. The van der Waals surface area contributed by atoms with Gasteiger partial charge in [-0.3, -0.25) is 0 Å². The van der Waals surface area contributed by atoms with Gasteiger partial charge >= 0.3 is 0 Å². The fraction of sp³-hybridized carbons (Fsp3) is 0.636. The van der Waals surface area contributed by atoms with Gasteiger partial charge in [-0.05, 0) is 42.4 Å². The summed E-state index contributed by atoms with van der Waals surface area (Å²) in [5, 5.41) is 3.28. The molecule has 3 N–H and O–H groups in total. The zero-order chi connectivity index (χ0) is 12.3. The molecule has 1 unspecified atom stereocenters. The van der Waals surface area contributed by atoms with Crippen molar-refractivity contribution in [2.75, 3.05) is 31.2 Å². The SMILES string of the molecule is CN1CCCCC1CNc1ncc(Br)nc1N. The van der Waals surface area contributed by atoms with E-state index in [2.05, 4.69) is 43.2 Å². The van der Waals surface area contributed by atoms with Crippen molar-refractivity contribution in [3.05, 3.63) is 10.8 Å². The fourth-order valence-electron chi connectivity index (χ4n) is 2.13. The fourth-order valence-corrected chi connectivity index (χ4v) is 2.43. The molecule has 2 rings (SSSR count). The maximum absolute atomic E-state index is 5.79. The van der Waals surface area contributed by atoms with Crippen LogP contribution in [0.5, 0.6) is 0 Å². The molecule has 0 aliphatic carbocycles. The van der Waals surface area contributed by atoms with Crippen LogP contribution in [0.25, 0.3) is 0 Å². The summed E-state index contributed by atoms with van der Waals surface area (Å²) in [6.07, 6.45) is 5.49. The van der Waals surface area contributed by atoms with E-state index in [1.807, 2.05) is 0 Å². The lowest BCUT2D eigenvalue weighted by molar-refractivity contribution is 0.194. The third-order valence-corrected chi connectivity index (χ3v) is 3.58. The summed E-state index contributed by atoms with van der Waals surface area (Å²) in [5.74, 6) is 1.12. The van der Waals surface area contributed by atoms with Crippen molar-refractivity contribution < 1.29 is 0 Å². The van der Waals surface area contributed by atoms with E-state index < -0.39 is 0 Å². The molecule has 0 radical (unpaired) electrons. The van der Waals surface area contributed by atoms with E-state index in [1.165, 1.54) is 25.8 Å². The van der Waals surface area contributed by atoms with Gasteiger partial charge in [0.05, 0.1) is 6.20 Å². The van der Waals surface area contributed by atoms with Gasteiger partial charge in [0.2, 0.25) is 0 Å². The van der Waals surface area contributed by atoms with Gasteiger partial charge < -0.3 is 16.0 Å². The van der Waals surface area contributed by atoms with Crippen LogP contribution in [-0.2, 0) is 0 Å². The lowest BCUT2D eigenvalue weighted by Crippen LogP contribution is -2.40. The first kappa shape index (κ1) is 12.6. The number of halogens is 1. The van der Waals surface area contributed by atoms with Crippen LogP contribution >= 0.6 is 15.9 Å². The van der Waals surface area contributed by atoms with Crippen molar-refractivity contribution in [1.29, 1.82) is 0 Å². The molecule has 94 valence electrons. The highest BCUT2D eigenvalue weighted by molar-refractivity contribution is 9.10. The standard InChI is InChI=1S/C11H18BrN5/c1-17-5-3-2-4-8(17)6-14-11-10(13)16-9(12)7-15-11/h7-8H,2-6H2,1H3,(H2,13,16)(H,14,15). The molecule has 1 fully saturated rings. The largest absolute Gasteiger partial charge is 0.381 e. The monoisotopic (exact) mass is 299 g/mol. The van der Waals surface area contributed by atoms with Crippen molar-refractivity contribution in [1.82, 2.24) is 14.9 Å². The van der Waals surface area contributed by atoms with Gasteiger partial charge in [0, 0.05) is 12.6 Å². The summed E-state index contributed by atoms with van der Waals surface area (Å²) in [7, 11) is 2.17. The Morgan fingerprint density at radius 3 is 3.12 bits per heavy atom. The summed E-state index contributed by atoms with van der Waals surface area (Å²) >= 11 is 3.24. The first-order valence-electron chi connectivity index (χ1n) is 5.89. The normalized spacial score (nSPS) is 21.4. The highest BCUT2D eigenvalue weighted by Gasteiger charge is 2.18. The Kier molecular flexibility index (Phi) is 4.17. The first-order chi connectivity index (χ1) is 8.16. The van der Waals surface area contributed by atoms with Crippen LogP contribution in [0.2, 0.25) is 0 Å². The number of nitrogens with one attached hydrogen (secondary N) is 1. The third kappa shape index (κ3) is 3.29. The van der Waals surface area contributed by atoms with Crippen LogP contribution in [0.15, 0.2) is 10.8 Å². The molecule has 1 aliphatic rings. The Balaban J connectivity index is 1.92. The molecule has 1 saturated heterocycles. The number of rotatable bonds is 3. The lowest BCUT2D eigenvalue weighted by atomic mass is 10.0. The molecule has 0 spiro atoms. The molecule has 0 amide bonds. The molecule has 0 saturated carbocycles. The molecule has 2 heterocycles. The van der Waals surface area contributed by atoms with Crippen LogP contribution < -0.4 is 11.1 Å². The van der Waals surface area contributed by atoms with Gasteiger partial charge in [-0.25, -0.2) is 9.97 Å². The van der Waals surface area contributed by atoms with Crippen molar-refractivity contribution in [2.45, 2.75) is 25.3 Å². The number of likely N-dealkylation sites (N-methyl/N-ethyl adjacent to an activating group) is 1. The van der Waals surface area contributed by atoms with Crippen LogP contribution in [0, 0.1) is 0 Å². The molecular weight excluding hydrogens is 282 g/mol. The van der Waals surface area contributed by atoms with Gasteiger partial charge in [-0.1, -0.05) is 6.42 Å². The average Bonchev–Trinajstić information content (AvgIpc) is 2.30. The van der Waals surface area contributed by atoms with Gasteiger partial charge in [-0.15, -0.1) is 0 Å². The van der Waals surface area contributed by atoms with Crippen molar-refractivity contribution in [3.8, 4) is 0 Å². The van der Waals surface area contributed by atoms with E-state index >= 15 is 0 Å². The lowest BCUT2D eigenvalue weighted by Gasteiger charge is -2.32. The quantitative estimate of drug-likeness (QED) is 0.889. The summed E-state index contributed by atoms with van der Waals surface area (Å²) in [6, 6.07) is 0.564. The van der Waals surface area contributed by atoms with E-state index in [-0.39, 0.29) is 0 Å². The molecule has 1 aromatic rings. The number of nitrogen functional groups attached to an aromatic ring is 1. The second-order valence-electron chi connectivity index (χ2n) is 4.44. The summed E-state index contributed by atoms with van der Waals surface area (Å²) in [6.45, 7) is 2.05. The second kappa shape index (κ2) is 5.64. The Hall–Kier alpha value is -0.880. The molecule has 6 heteroatoms. The average molecular weight is 300 g/mol. The van der Waals surface area contributed by atoms with Crippen LogP contribution in [0.4, 0.5) is 11.6 Å². The number of nitrogens with two attached hydrogens (primary N) is 1. The highest BCUT2D eigenvalue weighted by atomic mass is 79.9. The second-order valence-corrected chi connectivity index (χ2v) is 5.25. The number of piperidine rings is 1. The number of nitrogens with zero attached hydrogens (tertiary/aromatic N) is 3. The van der Waals surface area contributed by atoms with E-state index in [4.69, 9.17) is 5.73 Å². The number of likely N-dealkylation sites (tertiary alicyclic amines) is 1. The predicted octanol–water partition coefficient (Wildman–Crippen LogP) is 1.72. The Morgan fingerprint density at radius 2 is 2.41 bits per heavy atom. The Labute approximate surface area is 110 Å². The number of anilines is 2. The number of hydrogen-bond acceptors (Lipinski definition) is 5. The summed E-state index contributed by atoms with van der Waals surface area (Å²) in [5.41, 5.74) is 5.79. The molecule has 17 heavy (non-hydrogen) atoms. The minimum absolute atomic E-state index is 0.442. The Bertz CT molecular complexity index is 384. The molecule has 0 bridgehead atoms. The van der Waals surface area contributed by atoms with Crippen molar-refractivity contribution in [3.63, 3.8) is 0 Å². The van der Waals surface area contributed by atoms with Crippen LogP contribution in [-0.4, -0.2) is 41.0 Å². The topological polar surface area (TPSA) is 67.1 Å². The van der Waals surface area contributed by atoms with Gasteiger partial charge in [0.15, 0.2) is 11.6 Å². The van der Waals surface area contributed by atoms with E-state index in [1.54, 1.807) is 6.20 Å². The van der Waals surface area contributed by atoms with Gasteiger partial charge in [0.25, 0.3) is 0 Å². The van der Waals surface area contributed by atoms with E-state index in [0.29, 0.717) is 22.3 Å². The zero-order valence-corrected chi connectivity index (χ0v) is 11.6. The smallest absolute Gasteiger partial charge is 0.169 e. The van der Waals surface area contributed by atoms with Crippen LogP contribution in [0.3, 0.4) is 0 Å². The molecule has 0 aromatic carbocycles. The number of hydrogen-bond donors (Lipinski definition) is 2. The first-order valence-corrected chi connectivity index (χ1v) is 6.68. The summed E-state index contributed by atoms with van der Waals surface area (Å²) in [4.78, 5) is 10.7. The molecule has 1 aliphatic heterocycles. The van der Waals surface area contributed by atoms with Gasteiger partial charge in [0.1, 0.15) is 4.60 Å². The van der Waals surface area contributed by atoms with Crippen molar-refractivity contribution >= 4 is 27.6 Å². The van der Waals surface area contributed by atoms with E-state index in [9.17, 15) is 0 Å².